The molecular weight excluding hydrogens is 433 g/mol. The highest BCUT2D eigenvalue weighted by Gasteiger charge is 2.17. The summed E-state index contributed by atoms with van der Waals surface area (Å²) in [4.78, 5) is 23.9. The molecule has 2 aromatic carbocycles. The van der Waals surface area contributed by atoms with Crippen molar-refractivity contribution in [1.29, 1.82) is 0 Å². The van der Waals surface area contributed by atoms with E-state index < -0.39 is 17.8 Å². The number of thioether (sulfide) groups is 1. The van der Waals surface area contributed by atoms with Crippen molar-refractivity contribution >= 4 is 23.7 Å². The zero-order valence-corrected chi connectivity index (χ0v) is 18.6. The molecule has 3 rings (SSSR count). The fraction of sp³-hybridized carbons (Fsp3) is 0.273. The summed E-state index contributed by atoms with van der Waals surface area (Å²) in [6.45, 7) is 4.37. The Bertz CT molecular complexity index is 1060. The van der Waals surface area contributed by atoms with Gasteiger partial charge in [-0.2, -0.15) is 0 Å². The number of para-hydroxylation sites is 2. The van der Waals surface area contributed by atoms with Crippen LogP contribution in [-0.4, -0.2) is 39.0 Å². The maximum absolute atomic E-state index is 13.9. The number of nitrogens with zero attached hydrogens (tertiary/aromatic N) is 3. The Morgan fingerprint density at radius 1 is 1.09 bits per heavy atom. The first-order chi connectivity index (χ1) is 15.4. The molecule has 0 atom stereocenters. The number of rotatable bonds is 9. The van der Waals surface area contributed by atoms with Crippen LogP contribution >= 0.6 is 11.8 Å². The Kier molecular flexibility index (Phi) is 8.20. The van der Waals surface area contributed by atoms with Crippen molar-refractivity contribution in [3.05, 3.63) is 66.2 Å². The molecule has 10 heteroatoms. The molecule has 8 nitrogen and oxygen atoms in total. The molecular formula is C22H24FN5O3S. The fourth-order valence-corrected chi connectivity index (χ4v) is 3.43. The summed E-state index contributed by atoms with van der Waals surface area (Å²) in [5.41, 5.74) is 0.766. The lowest BCUT2D eigenvalue weighted by Crippen LogP contribution is -2.41. The lowest BCUT2D eigenvalue weighted by Gasteiger charge is -2.11. The molecule has 1 heterocycles. The normalized spacial score (nSPS) is 10.8. The summed E-state index contributed by atoms with van der Waals surface area (Å²) >= 11 is 1.13. The highest BCUT2D eigenvalue weighted by atomic mass is 32.2. The van der Waals surface area contributed by atoms with Gasteiger partial charge in [-0.3, -0.25) is 14.7 Å². The summed E-state index contributed by atoms with van der Waals surface area (Å²) < 4.78 is 21.2. The van der Waals surface area contributed by atoms with E-state index in [1.807, 2.05) is 44.2 Å². The van der Waals surface area contributed by atoms with E-state index in [0.717, 1.165) is 17.4 Å². The SMILES string of the molecule is CC(C)CNC(=O)NC(=O)CSc1nnc(COc2ccccc2F)n1-c1ccccc1. The molecule has 168 valence electrons. The number of urea groups is 1. The van der Waals surface area contributed by atoms with Gasteiger partial charge in [0.1, 0.15) is 6.61 Å². The molecule has 1 aromatic heterocycles. The number of hydrogen-bond acceptors (Lipinski definition) is 6. The summed E-state index contributed by atoms with van der Waals surface area (Å²) in [5.74, 6) is -0.134. The second-order valence-electron chi connectivity index (χ2n) is 7.23. The first-order valence-corrected chi connectivity index (χ1v) is 11.0. The molecule has 32 heavy (non-hydrogen) atoms. The van der Waals surface area contributed by atoms with Gasteiger partial charge < -0.3 is 10.1 Å². The van der Waals surface area contributed by atoms with Gasteiger partial charge in [-0.15, -0.1) is 10.2 Å². The van der Waals surface area contributed by atoms with Crippen molar-refractivity contribution in [1.82, 2.24) is 25.4 Å². The Hall–Kier alpha value is -3.40. The zero-order chi connectivity index (χ0) is 22.9. The van der Waals surface area contributed by atoms with Crippen LogP contribution in [0.2, 0.25) is 0 Å². The molecule has 0 aliphatic heterocycles. The monoisotopic (exact) mass is 457 g/mol. The molecule has 0 aliphatic carbocycles. The number of nitrogens with one attached hydrogen (secondary N) is 2. The predicted molar refractivity (Wildman–Crippen MR) is 119 cm³/mol. The Morgan fingerprint density at radius 3 is 2.53 bits per heavy atom. The molecule has 3 aromatic rings. The average molecular weight is 458 g/mol. The third kappa shape index (κ3) is 6.55. The van der Waals surface area contributed by atoms with Crippen molar-refractivity contribution in [2.75, 3.05) is 12.3 Å². The third-order valence-electron chi connectivity index (χ3n) is 4.16. The van der Waals surface area contributed by atoms with E-state index in [-0.39, 0.29) is 24.0 Å². The quantitative estimate of drug-likeness (QED) is 0.477. The largest absolute Gasteiger partial charge is 0.483 e. The topological polar surface area (TPSA) is 98.1 Å². The van der Waals surface area contributed by atoms with Gasteiger partial charge in [0, 0.05) is 12.2 Å². The zero-order valence-electron chi connectivity index (χ0n) is 17.7. The molecule has 0 spiro atoms. The van der Waals surface area contributed by atoms with Crippen LogP contribution in [0.15, 0.2) is 59.8 Å². The van der Waals surface area contributed by atoms with Gasteiger partial charge in [0.2, 0.25) is 5.91 Å². The van der Waals surface area contributed by atoms with E-state index in [1.54, 1.807) is 16.7 Å². The average Bonchev–Trinajstić information content (AvgIpc) is 3.19. The summed E-state index contributed by atoms with van der Waals surface area (Å²) in [6.07, 6.45) is 0. The minimum Gasteiger partial charge on any atom is -0.483 e. The van der Waals surface area contributed by atoms with Gasteiger partial charge >= 0.3 is 6.03 Å². The third-order valence-corrected chi connectivity index (χ3v) is 5.09. The highest BCUT2D eigenvalue weighted by Crippen LogP contribution is 2.23. The van der Waals surface area contributed by atoms with E-state index in [9.17, 15) is 14.0 Å². The van der Waals surface area contributed by atoms with Crippen molar-refractivity contribution < 1.29 is 18.7 Å². The van der Waals surface area contributed by atoms with Gasteiger partial charge in [-0.05, 0) is 30.2 Å². The number of ether oxygens (including phenoxy) is 1. The summed E-state index contributed by atoms with van der Waals surface area (Å²) in [7, 11) is 0. The number of amides is 3. The number of carbonyl (C=O) groups is 2. The number of aromatic nitrogens is 3. The van der Waals surface area contributed by atoms with Crippen molar-refractivity contribution in [3.63, 3.8) is 0 Å². The number of benzene rings is 2. The molecule has 3 amide bonds. The van der Waals surface area contributed by atoms with E-state index >= 15 is 0 Å². The van der Waals surface area contributed by atoms with Crippen LogP contribution in [0.25, 0.3) is 5.69 Å². The van der Waals surface area contributed by atoms with Gasteiger partial charge in [0.15, 0.2) is 22.5 Å². The molecule has 0 aliphatic rings. The lowest BCUT2D eigenvalue weighted by atomic mass is 10.2. The van der Waals surface area contributed by atoms with Crippen molar-refractivity contribution in [2.24, 2.45) is 5.92 Å². The van der Waals surface area contributed by atoms with Gasteiger partial charge in [0.25, 0.3) is 0 Å². The maximum atomic E-state index is 13.9. The van der Waals surface area contributed by atoms with Crippen molar-refractivity contribution in [2.45, 2.75) is 25.6 Å². The molecule has 0 saturated carbocycles. The molecule has 0 fully saturated rings. The standard InChI is InChI=1S/C22H24FN5O3S/c1-15(2)12-24-21(30)25-20(29)14-32-22-27-26-19(28(22)16-8-4-3-5-9-16)13-31-18-11-7-6-10-17(18)23/h3-11,15H,12-14H2,1-2H3,(H2,24,25,29,30). The van der Waals surface area contributed by atoms with Crippen LogP contribution in [0.4, 0.5) is 9.18 Å². The number of halogens is 1. The Labute approximate surface area is 189 Å². The van der Waals surface area contributed by atoms with Crippen LogP contribution in [0.5, 0.6) is 5.75 Å². The molecule has 0 saturated heterocycles. The van der Waals surface area contributed by atoms with Crippen molar-refractivity contribution in [3.8, 4) is 11.4 Å². The van der Waals surface area contributed by atoms with Crippen LogP contribution in [0.3, 0.4) is 0 Å². The minimum atomic E-state index is -0.534. The second kappa shape index (κ2) is 11.3. The van der Waals surface area contributed by atoms with Gasteiger partial charge in [-0.1, -0.05) is 55.9 Å². The highest BCUT2D eigenvalue weighted by molar-refractivity contribution is 7.99. The number of hydrogen-bond donors (Lipinski definition) is 2. The molecule has 0 radical (unpaired) electrons. The molecule has 0 unspecified atom stereocenters. The van der Waals surface area contributed by atoms with Crippen LogP contribution in [0.1, 0.15) is 19.7 Å². The minimum absolute atomic E-state index is 0.0206. The lowest BCUT2D eigenvalue weighted by molar-refractivity contribution is -0.117. The number of carbonyl (C=O) groups excluding carboxylic acids is 2. The molecule has 0 bridgehead atoms. The first kappa shape index (κ1) is 23.3. The smallest absolute Gasteiger partial charge is 0.321 e. The van der Waals surface area contributed by atoms with Crippen LogP contribution < -0.4 is 15.4 Å². The Balaban J connectivity index is 1.70. The maximum Gasteiger partial charge on any atom is 0.321 e. The molecule has 2 N–H and O–H groups in total. The van der Waals surface area contributed by atoms with Crippen LogP contribution in [0, 0.1) is 11.7 Å². The van der Waals surface area contributed by atoms with E-state index in [1.165, 1.54) is 12.1 Å². The van der Waals surface area contributed by atoms with E-state index in [4.69, 9.17) is 4.74 Å². The number of imide groups is 1. The van der Waals surface area contributed by atoms with Crippen LogP contribution in [-0.2, 0) is 11.4 Å². The van der Waals surface area contributed by atoms with E-state index in [0.29, 0.717) is 17.5 Å². The first-order valence-electron chi connectivity index (χ1n) is 10.0. The fourth-order valence-electron chi connectivity index (χ4n) is 2.66. The van der Waals surface area contributed by atoms with E-state index in [2.05, 4.69) is 20.8 Å². The Morgan fingerprint density at radius 2 is 1.81 bits per heavy atom. The van der Waals surface area contributed by atoms with Gasteiger partial charge in [0.05, 0.1) is 5.75 Å². The predicted octanol–water partition coefficient (Wildman–Crippen LogP) is 3.56. The second-order valence-corrected chi connectivity index (χ2v) is 8.17. The summed E-state index contributed by atoms with van der Waals surface area (Å²) in [5, 5.41) is 13.7. The summed E-state index contributed by atoms with van der Waals surface area (Å²) in [6, 6.07) is 14.9. The van der Waals surface area contributed by atoms with Gasteiger partial charge in [-0.25, -0.2) is 9.18 Å².